The van der Waals surface area contributed by atoms with Crippen LogP contribution in [0.4, 0.5) is 5.69 Å². The van der Waals surface area contributed by atoms with Crippen LogP contribution in [0, 0.1) is 11.3 Å². The Morgan fingerprint density at radius 2 is 2.17 bits per heavy atom. The van der Waals surface area contributed by atoms with E-state index in [4.69, 9.17) is 5.26 Å². The van der Waals surface area contributed by atoms with Crippen LogP contribution in [0.1, 0.15) is 6.42 Å². The lowest BCUT2D eigenvalue weighted by Gasteiger charge is -2.04. The molecule has 0 heterocycles. The average molecular weight is 162 g/mol. The molecular weight excluding hydrogens is 152 g/mol. The van der Waals surface area contributed by atoms with E-state index in [9.17, 15) is 5.11 Å². The molecule has 2 N–H and O–H groups in total. The molecule has 0 unspecified atom stereocenters. The van der Waals surface area contributed by atoms with Gasteiger partial charge < -0.3 is 10.4 Å². The minimum atomic E-state index is 0.218. The van der Waals surface area contributed by atoms with E-state index in [1.807, 2.05) is 12.1 Å². The van der Waals surface area contributed by atoms with E-state index >= 15 is 0 Å². The molecule has 0 aliphatic carbocycles. The molecule has 0 amide bonds. The summed E-state index contributed by atoms with van der Waals surface area (Å²) in [5.41, 5.74) is 0.674. The molecule has 0 atom stereocenters. The van der Waals surface area contributed by atoms with Crippen LogP contribution in [0.2, 0.25) is 0 Å². The van der Waals surface area contributed by atoms with E-state index < -0.39 is 0 Å². The van der Waals surface area contributed by atoms with Gasteiger partial charge in [0.15, 0.2) is 0 Å². The monoisotopic (exact) mass is 162 g/mol. The van der Waals surface area contributed by atoms with Crippen LogP contribution in [-0.4, -0.2) is 11.7 Å². The highest BCUT2D eigenvalue weighted by Gasteiger charge is 1.95. The van der Waals surface area contributed by atoms with Crippen molar-refractivity contribution in [1.82, 2.24) is 0 Å². The molecule has 0 bridgehead atoms. The van der Waals surface area contributed by atoms with Crippen molar-refractivity contribution in [3.05, 3.63) is 24.3 Å². The summed E-state index contributed by atoms with van der Waals surface area (Å²) in [6.45, 7) is 0.564. The van der Waals surface area contributed by atoms with E-state index in [0.29, 0.717) is 18.7 Å². The fourth-order valence-corrected chi connectivity index (χ4v) is 0.876. The molecule has 3 nitrogen and oxygen atoms in total. The van der Waals surface area contributed by atoms with E-state index in [-0.39, 0.29) is 5.75 Å². The predicted molar refractivity (Wildman–Crippen MR) is 46.8 cm³/mol. The molecule has 0 radical (unpaired) electrons. The lowest BCUT2D eigenvalue weighted by Crippen LogP contribution is -1.99. The normalized spacial score (nSPS) is 8.92. The molecular formula is C9H10N2O. The fourth-order valence-electron chi connectivity index (χ4n) is 0.876. The van der Waals surface area contributed by atoms with Crippen molar-refractivity contribution < 1.29 is 5.11 Å². The van der Waals surface area contributed by atoms with Crippen LogP contribution >= 0.6 is 0 Å². The van der Waals surface area contributed by atoms with Crippen LogP contribution in [0.5, 0.6) is 5.75 Å². The van der Waals surface area contributed by atoms with Crippen LogP contribution in [0.25, 0.3) is 0 Å². The van der Waals surface area contributed by atoms with E-state index in [1.165, 1.54) is 0 Å². The number of phenolic OH excluding ortho intramolecular Hbond substituents is 1. The average Bonchev–Trinajstić information content (AvgIpc) is 2.09. The van der Waals surface area contributed by atoms with Crippen molar-refractivity contribution in [1.29, 1.82) is 5.26 Å². The maximum Gasteiger partial charge on any atom is 0.138 e. The Kier molecular flexibility index (Phi) is 2.97. The molecule has 1 aromatic rings. The maximum absolute atomic E-state index is 9.26. The summed E-state index contributed by atoms with van der Waals surface area (Å²) in [4.78, 5) is 0. The second kappa shape index (κ2) is 4.24. The lowest BCUT2D eigenvalue weighted by molar-refractivity contribution is 0.477. The van der Waals surface area contributed by atoms with Gasteiger partial charge in [0.1, 0.15) is 5.75 Å². The molecule has 1 rings (SSSR count). The lowest BCUT2D eigenvalue weighted by atomic mass is 10.3. The summed E-state index contributed by atoms with van der Waals surface area (Å²) >= 11 is 0. The topological polar surface area (TPSA) is 56.0 Å². The highest BCUT2D eigenvalue weighted by Crippen LogP contribution is 2.20. The Hall–Kier alpha value is -1.69. The van der Waals surface area contributed by atoms with Crippen molar-refractivity contribution in [2.45, 2.75) is 6.42 Å². The number of anilines is 1. The minimum absolute atomic E-state index is 0.218. The number of rotatable bonds is 3. The van der Waals surface area contributed by atoms with Crippen molar-refractivity contribution in [3.63, 3.8) is 0 Å². The number of para-hydroxylation sites is 2. The third-order valence-corrected chi connectivity index (χ3v) is 1.46. The zero-order valence-electron chi connectivity index (χ0n) is 6.62. The molecule has 0 saturated carbocycles. The Morgan fingerprint density at radius 1 is 1.42 bits per heavy atom. The number of benzene rings is 1. The van der Waals surface area contributed by atoms with Crippen LogP contribution in [0.3, 0.4) is 0 Å². The van der Waals surface area contributed by atoms with Gasteiger partial charge in [-0.1, -0.05) is 12.1 Å². The molecule has 0 aromatic heterocycles. The summed E-state index contributed by atoms with van der Waals surface area (Å²) in [5.74, 6) is 0.218. The van der Waals surface area contributed by atoms with Crippen molar-refractivity contribution in [2.24, 2.45) is 0 Å². The molecule has 3 heteroatoms. The molecule has 0 fully saturated rings. The molecule has 0 saturated heterocycles. The zero-order chi connectivity index (χ0) is 8.81. The van der Waals surface area contributed by atoms with Gasteiger partial charge in [-0.3, -0.25) is 0 Å². The van der Waals surface area contributed by atoms with Gasteiger partial charge in [-0.15, -0.1) is 0 Å². The van der Waals surface area contributed by atoms with Crippen molar-refractivity contribution in [2.75, 3.05) is 11.9 Å². The zero-order valence-corrected chi connectivity index (χ0v) is 6.62. The minimum Gasteiger partial charge on any atom is -0.506 e. The van der Waals surface area contributed by atoms with Gasteiger partial charge in [0.2, 0.25) is 0 Å². The quantitative estimate of drug-likeness (QED) is 0.525. The van der Waals surface area contributed by atoms with Gasteiger partial charge in [-0.25, -0.2) is 0 Å². The Balaban J connectivity index is 2.53. The molecule has 12 heavy (non-hydrogen) atoms. The number of aromatic hydroxyl groups is 1. The van der Waals surface area contributed by atoms with Crippen LogP contribution in [-0.2, 0) is 0 Å². The van der Waals surface area contributed by atoms with Gasteiger partial charge in [-0.2, -0.15) is 5.26 Å². The fraction of sp³-hybridized carbons (Fsp3) is 0.222. The predicted octanol–water partition coefficient (Wildman–Crippen LogP) is 1.72. The van der Waals surface area contributed by atoms with Crippen molar-refractivity contribution in [3.8, 4) is 11.8 Å². The molecule has 0 spiro atoms. The molecule has 1 aromatic carbocycles. The van der Waals surface area contributed by atoms with E-state index in [0.717, 1.165) is 0 Å². The van der Waals surface area contributed by atoms with Gasteiger partial charge in [0.05, 0.1) is 18.2 Å². The first-order valence-corrected chi connectivity index (χ1v) is 3.73. The SMILES string of the molecule is N#CCCNc1ccccc1O. The highest BCUT2D eigenvalue weighted by atomic mass is 16.3. The molecule has 0 aliphatic heterocycles. The Bertz CT molecular complexity index is 291. The second-order valence-corrected chi connectivity index (χ2v) is 2.35. The van der Waals surface area contributed by atoms with Crippen LogP contribution < -0.4 is 5.32 Å². The van der Waals surface area contributed by atoms with Gasteiger partial charge >= 0.3 is 0 Å². The molecule has 62 valence electrons. The summed E-state index contributed by atoms with van der Waals surface area (Å²) in [6.07, 6.45) is 0.439. The summed E-state index contributed by atoms with van der Waals surface area (Å²) in [5, 5.41) is 20.5. The number of hydrogen-bond donors (Lipinski definition) is 2. The Labute approximate surface area is 71.3 Å². The largest absolute Gasteiger partial charge is 0.506 e. The maximum atomic E-state index is 9.26. The highest BCUT2D eigenvalue weighted by molar-refractivity contribution is 5.55. The summed E-state index contributed by atoms with van der Waals surface area (Å²) < 4.78 is 0. The number of hydrogen-bond acceptors (Lipinski definition) is 3. The van der Waals surface area contributed by atoms with E-state index in [2.05, 4.69) is 5.32 Å². The van der Waals surface area contributed by atoms with Crippen molar-refractivity contribution >= 4 is 5.69 Å². The second-order valence-electron chi connectivity index (χ2n) is 2.35. The van der Waals surface area contributed by atoms with Gasteiger partial charge in [0.25, 0.3) is 0 Å². The summed E-state index contributed by atoms with van der Waals surface area (Å²) in [6, 6.07) is 8.97. The van der Waals surface area contributed by atoms with Gasteiger partial charge in [-0.05, 0) is 12.1 Å². The standard InChI is InChI=1S/C9H10N2O/c10-6-3-7-11-8-4-1-2-5-9(8)12/h1-2,4-5,11-12H,3,7H2. The number of nitrogens with one attached hydrogen (secondary N) is 1. The number of nitrogens with zero attached hydrogens (tertiary/aromatic N) is 1. The summed E-state index contributed by atoms with van der Waals surface area (Å²) in [7, 11) is 0. The first-order valence-electron chi connectivity index (χ1n) is 3.73. The van der Waals surface area contributed by atoms with Gasteiger partial charge in [0, 0.05) is 6.54 Å². The van der Waals surface area contributed by atoms with Crippen LogP contribution in [0.15, 0.2) is 24.3 Å². The number of phenols is 1. The number of nitriles is 1. The third-order valence-electron chi connectivity index (χ3n) is 1.46. The molecule has 0 aliphatic rings. The Morgan fingerprint density at radius 3 is 2.83 bits per heavy atom. The van der Waals surface area contributed by atoms with E-state index in [1.54, 1.807) is 18.2 Å². The third kappa shape index (κ3) is 2.17. The first kappa shape index (κ1) is 8.41. The smallest absolute Gasteiger partial charge is 0.138 e. The first-order chi connectivity index (χ1) is 5.84.